The molecular formula is C16H34. The molecule has 0 saturated heterocycles. The molecule has 2 atom stereocenters. The van der Waals surface area contributed by atoms with E-state index in [2.05, 4.69) is 41.5 Å². The first-order valence-corrected chi connectivity index (χ1v) is 7.23. The van der Waals surface area contributed by atoms with Crippen LogP contribution in [0.25, 0.3) is 0 Å². The fourth-order valence-electron chi connectivity index (χ4n) is 3.20. The molecule has 0 aliphatic heterocycles. The fraction of sp³-hybridized carbons (Fsp3) is 1.00. The van der Waals surface area contributed by atoms with E-state index in [1.54, 1.807) is 0 Å². The molecule has 1 fully saturated rings. The van der Waals surface area contributed by atoms with Gasteiger partial charge in [0.25, 0.3) is 0 Å². The Kier molecular flexibility index (Phi) is 6.07. The van der Waals surface area contributed by atoms with Gasteiger partial charge in [0.15, 0.2) is 0 Å². The van der Waals surface area contributed by atoms with Crippen LogP contribution in [0.2, 0.25) is 0 Å². The fourth-order valence-corrected chi connectivity index (χ4v) is 3.20. The predicted molar refractivity (Wildman–Crippen MR) is 75.7 cm³/mol. The molecule has 0 radical (unpaired) electrons. The molecule has 0 spiro atoms. The third kappa shape index (κ3) is 4.47. The molecule has 0 bridgehead atoms. The van der Waals surface area contributed by atoms with E-state index in [9.17, 15) is 0 Å². The Balaban J connectivity index is 0.00000106. The SMILES string of the molecule is CC.CC(C)(C)[C@@H]1CCCC[C@H]1C(C)(C)C. The zero-order valence-corrected chi connectivity index (χ0v) is 13.0. The van der Waals surface area contributed by atoms with Crippen LogP contribution in [0.3, 0.4) is 0 Å². The van der Waals surface area contributed by atoms with Crippen molar-refractivity contribution in [2.24, 2.45) is 22.7 Å². The zero-order chi connectivity index (χ0) is 13.0. The second-order valence-electron chi connectivity index (χ2n) is 7.23. The third-order valence-electron chi connectivity index (χ3n) is 3.99. The van der Waals surface area contributed by atoms with Gasteiger partial charge in [-0.05, 0) is 35.5 Å². The predicted octanol–water partition coefficient (Wildman–Crippen LogP) is 5.91. The molecule has 98 valence electrons. The smallest absolute Gasteiger partial charge is 0.0332 e. The summed E-state index contributed by atoms with van der Waals surface area (Å²) in [5.74, 6) is 1.85. The molecule has 1 aliphatic rings. The second-order valence-corrected chi connectivity index (χ2v) is 7.23. The van der Waals surface area contributed by atoms with E-state index in [4.69, 9.17) is 0 Å². The Hall–Kier alpha value is 0. The molecule has 0 heterocycles. The third-order valence-corrected chi connectivity index (χ3v) is 3.99. The molecular weight excluding hydrogens is 192 g/mol. The standard InChI is InChI=1S/C14H28.C2H6/c1-13(2,3)11-9-7-8-10-12(11)14(4,5)6;1-2/h11-12H,7-10H2,1-6H3;1-2H3/t11-,12-;/m1./s1. The molecule has 1 saturated carbocycles. The first-order chi connectivity index (χ1) is 7.23. The monoisotopic (exact) mass is 226 g/mol. The van der Waals surface area contributed by atoms with Crippen LogP contribution < -0.4 is 0 Å². The van der Waals surface area contributed by atoms with E-state index < -0.39 is 0 Å². The zero-order valence-electron chi connectivity index (χ0n) is 13.0. The minimum absolute atomic E-state index is 0.498. The Morgan fingerprint density at radius 3 is 1.06 bits per heavy atom. The average Bonchev–Trinajstić information content (AvgIpc) is 2.18. The van der Waals surface area contributed by atoms with Crippen molar-refractivity contribution in [3.8, 4) is 0 Å². The molecule has 0 N–H and O–H groups in total. The van der Waals surface area contributed by atoms with Crippen molar-refractivity contribution in [2.75, 3.05) is 0 Å². The average molecular weight is 226 g/mol. The summed E-state index contributed by atoms with van der Waals surface area (Å²) in [5, 5.41) is 0. The van der Waals surface area contributed by atoms with Crippen LogP contribution in [-0.4, -0.2) is 0 Å². The van der Waals surface area contributed by atoms with E-state index in [-0.39, 0.29) is 0 Å². The van der Waals surface area contributed by atoms with E-state index in [1.165, 1.54) is 25.7 Å². The molecule has 0 heteroatoms. The Bertz CT molecular complexity index is 155. The molecule has 1 rings (SSSR count). The maximum atomic E-state index is 2.42. The lowest BCUT2D eigenvalue weighted by atomic mass is 9.59. The highest BCUT2D eigenvalue weighted by atomic mass is 14.4. The summed E-state index contributed by atoms with van der Waals surface area (Å²) >= 11 is 0. The Labute approximate surface area is 104 Å². The van der Waals surface area contributed by atoms with Crippen molar-refractivity contribution < 1.29 is 0 Å². The van der Waals surface area contributed by atoms with Crippen molar-refractivity contribution >= 4 is 0 Å². The molecule has 0 unspecified atom stereocenters. The van der Waals surface area contributed by atoms with Crippen LogP contribution in [0, 0.1) is 22.7 Å². The Morgan fingerprint density at radius 1 is 0.625 bits per heavy atom. The molecule has 0 aromatic carbocycles. The largest absolute Gasteiger partial charge is 0.0683 e. The highest BCUT2D eigenvalue weighted by Gasteiger charge is 2.39. The summed E-state index contributed by atoms with van der Waals surface area (Å²) in [7, 11) is 0. The molecule has 0 aromatic rings. The summed E-state index contributed by atoms with van der Waals surface area (Å²) < 4.78 is 0. The topological polar surface area (TPSA) is 0 Å². The highest BCUT2D eigenvalue weighted by molar-refractivity contribution is 4.89. The molecule has 16 heavy (non-hydrogen) atoms. The summed E-state index contributed by atoms with van der Waals surface area (Å²) in [4.78, 5) is 0. The van der Waals surface area contributed by atoms with Crippen LogP contribution in [-0.2, 0) is 0 Å². The summed E-state index contributed by atoms with van der Waals surface area (Å²) in [5.41, 5.74) is 0.997. The Morgan fingerprint density at radius 2 is 0.875 bits per heavy atom. The van der Waals surface area contributed by atoms with E-state index in [0.717, 1.165) is 11.8 Å². The lowest BCUT2D eigenvalue weighted by molar-refractivity contribution is 0.0335. The van der Waals surface area contributed by atoms with Crippen LogP contribution in [0.1, 0.15) is 81.1 Å². The van der Waals surface area contributed by atoms with Crippen LogP contribution in [0.4, 0.5) is 0 Å². The number of hydrogen-bond donors (Lipinski definition) is 0. The van der Waals surface area contributed by atoms with Gasteiger partial charge in [0.1, 0.15) is 0 Å². The van der Waals surface area contributed by atoms with Gasteiger partial charge in [-0.25, -0.2) is 0 Å². The van der Waals surface area contributed by atoms with Crippen molar-refractivity contribution in [1.29, 1.82) is 0 Å². The first kappa shape index (κ1) is 16.0. The van der Waals surface area contributed by atoms with E-state index >= 15 is 0 Å². The summed E-state index contributed by atoms with van der Waals surface area (Å²) in [6.07, 6.45) is 5.81. The molecule has 1 aliphatic carbocycles. The lowest BCUT2D eigenvalue weighted by Crippen LogP contribution is -2.38. The number of rotatable bonds is 0. The van der Waals surface area contributed by atoms with Crippen molar-refractivity contribution in [3.05, 3.63) is 0 Å². The van der Waals surface area contributed by atoms with Crippen LogP contribution in [0.5, 0.6) is 0 Å². The normalized spacial score (nSPS) is 27.0. The highest BCUT2D eigenvalue weighted by Crippen LogP contribution is 2.48. The van der Waals surface area contributed by atoms with E-state index in [0.29, 0.717) is 10.8 Å². The summed E-state index contributed by atoms with van der Waals surface area (Å²) in [6, 6.07) is 0. The van der Waals surface area contributed by atoms with Crippen molar-refractivity contribution in [3.63, 3.8) is 0 Å². The van der Waals surface area contributed by atoms with Crippen LogP contribution in [0.15, 0.2) is 0 Å². The minimum atomic E-state index is 0.498. The molecule has 0 aromatic heterocycles. The van der Waals surface area contributed by atoms with Gasteiger partial charge in [0.2, 0.25) is 0 Å². The van der Waals surface area contributed by atoms with Crippen molar-refractivity contribution in [1.82, 2.24) is 0 Å². The van der Waals surface area contributed by atoms with Gasteiger partial charge < -0.3 is 0 Å². The van der Waals surface area contributed by atoms with Crippen molar-refractivity contribution in [2.45, 2.75) is 81.1 Å². The summed E-state index contributed by atoms with van der Waals surface area (Å²) in [6.45, 7) is 18.5. The molecule has 0 nitrogen and oxygen atoms in total. The maximum Gasteiger partial charge on any atom is -0.0332 e. The second kappa shape index (κ2) is 6.07. The van der Waals surface area contributed by atoms with Gasteiger partial charge in [-0.3, -0.25) is 0 Å². The van der Waals surface area contributed by atoms with Gasteiger partial charge in [-0.1, -0.05) is 68.2 Å². The van der Waals surface area contributed by atoms with Gasteiger partial charge in [0.05, 0.1) is 0 Å². The van der Waals surface area contributed by atoms with Gasteiger partial charge in [0, 0.05) is 0 Å². The number of hydrogen-bond acceptors (Lipinski definition) is 0. The van der Waals surface area contributed by atoms with E-state index in [1.807, 2.05) is 13.8 Å². The maximum absolute atomic E-state index is 2.42. The van der Waals surface area contributed by atoms with Crippen LogP contribution >= 0.6 is 0 Å². The lowest BCUT2D eigenvalue weighted by Gasteiger charge is -2.46. The quantitative estimate of drug-likeness (QED) is 0.481. The first-order valence-electron chi connectivity index (χ1n) is 7.23. The molecule has 0 amide bonds. The van der Waals surface area contributed by atoms with Gasteiger partial charge in [-0.2, -0.15) is 0 Å². The minimum Gasteiger partial charge on any atom is -0.0683 e. The van der Waals surface area contributed by atoms with Gasteiger partial charge in [-0.15, -0.1) is 0 Å². The van der Waals surface area contributed by atoms with Gasteiger partial charge >= 0.3 is 0 Å².